The summed E-state index contributed by atoms with van der Waals surface area (Å²) in [7, 11) is 6.08. The number of aromatic hydroxyl groups is 1. The highest BCUT2D eigenvalue weighted by Crippen LogP contribution is 2.42. The van der Waals surface area contributed by atoms with Crippen molar-refractivity contribution in [3.8, 4) is 34.3 Å². The molecule has 0 fully saturated rings. The number of aryl methyl sites for hydroxylation is 1. The summed E-state index contributed by atoms with van der Waals surface area (Å²) < 4.78 is 25.1. The molecule has 0 saturated heterocycles. The van der Waals surface area contributed by atoms with E-state index in [9.17, 15) is 19.8 Å². The number of aliphatic hydroxyl groups excluding tert-OH is 1. The van der Waals surface area contributed by atoms with E-state index in [0.29, 0.717) is 45.3 Å². The number of ether oxygens (including phenoxy) is 4. The number of hydrogen-bond donors (Lipinski definition) is 2. The molecule has 10 heteroatoms. The van der Waals surface area contributed by atoms with Gasteiger partial charge in [-0.05, 0) is 24.3 Å². The smallest absolute Gasteiger partial charge is 0.347 e. The summed E-state index contributed by atoms with van der Waals surface area (Å²) in [6.45, 7) is 0.103. The molecule has 2 aromatic heterocycles. The molecule has 0 bridgehead atoms. The summed E-state index contributed by atoms with van der Waals surface area (Å²) >= 11 is 0. The molecule has 0 aliphatic carbocycles. The van der Waals surface area contributed by atoms with Crippen LogP contribution in [0.4, 0.5) is 0 Å². The van der Waals surface area contributed by atoms with Gasteiger partial charge >= 0.3 is 5.97 Å². The predicted molar refractivity (Wildman–Crippen MR) is 139 cm³/mol. The lowest BCUT2D eigenvalue weighted by Crippen LogP contribution is -2.30. The van der Waals surface area contributed by atoms with Crippen LogP contribution in [-0.2, 0) is 31.4 Å². The highest BCUT2D eigenvalue weighted by atomic mass is 16.5. The Labute approximate surface area is 218 Å². The second-order valence-corrected chi connectivity index (χ2v) is 8.97. The first kappa shape index (κ1) is 25.2. The van der Waals surface area contributed by atoms with Gasteiger partial charge in [-0.2, -0.15) is 0 Å². The van der Waals surface area contributed by atoms with Crippen molar-refractivity contribution in [1.29, 1.82) is 0 Å². The van der Waals surface area contributed by atoms with Gasteiger partial charge in [0.05, 0.1) is 52.3 Å². The van der Waals surface area contributed by atoms with E-state index in [4.69, 9.17) is 18.9 Å². The molecule has 1 aliphatic rings. The number of fused-ring (bicyclic) bond motifs is 4. The summed E-state index contributed by atoms with van der Waals surface area (Å²) in [6, 6.07) is 10.8. The fourth-order valence-corrected chi connectivity index (χ4v) is 5.04. The van der Waals surface area contributed by atoms with Crippen LogP contribution in [0.15, 0.2) is 41.2 Å². The van der Waals surface area contributed by atoms with E-state index in [-0.39, 0.29) is 26.2 Å². The van der Waals surface area contributed by atoms with Crippen LogP contribution in [-0.4, -0.2) is 53.3 Å². The highest BCUT2D eigenvalue weighted by molar-refractivity contribution is 5.95. The summed E-state index contributed by atoms with van der Waals surface area (Å²) in [5.41, 5.74) is 2.48. The van der Waals surface area contributed by atoms with Crippen molar-refractivity contribution < 1.29 is 34.0 Å². The normalized spacial score (nSPS) is 12.3. The third-order valence-corrected chi connectivity index (χ3v) is 7.02. The van der Waals surface area contributed by atoms with Gasteiger partial charge in [0, 0.05) is 53.4 Å². The van der Waals surface area contributed by atoms with Crippen molar-refractivity contribution in [2.45, 2.75) is 19.6 Å². The number of nitrogens with zero attached hydrogens (tertiary/aromatic N) is 2. The number of aromatic nitrogens is 2. The van der Waals surface area contributed by atoms with E-state index in [2.05, 4.69) is 0 Å². The lowest BCUT2D eigenvalue weighted by atomic mass is 9.98. The number of carbonyl (C=O) groups excluding carboxylic acids is 1. The molecule has 38 heavy (non-hydrogen) atoms. The van der Waals surface area contributed by atoms with Gasteiger partial charge in [-0.25, -0.2) is 4.79 Å². The van der Waals surface area contributed by atoms with Crippen LogP contribution < -0.4 is 19.8 Å². The van der Waals surface area contributed by atoms with Crippen LogP contribution in [0.2, 0.25) is 0 Å². The average Bonchev–Trinajstić information content (AvgIpc) is 3.12. The van der Waals surface area contributed by atoms with Crippen molar-refractivity contribution in [2.75, 3.05) is 27.9 Å². The maximum atomic E-state index is 13.8. The second kappa shape index (κ2) is 9.79. The largest absolute Gasteiger partial charge is 0.506 e. The predicted octanol–water partition coefficient (Wildman–Crippen LogP) is 2.99. The van der Waals surface area contributed by atoms with E-state index in [1.54, 1.807) is 25.3 Å². The summed E-state index contributed by atoms with van der Waals surface area (Å²) in [4.78, 5) is 26.5. The van der Waals surface area contributed by atoms with Crippen LogP contribution in [0.25, 0.3) is 22.2 Å². The number of benzene rings is 2. The first-order valence-corrected chi connectivity index (χ1v) is 12.0. The molecule has 1 aliphatic heterocycles. The molecular weight excluding hydrogens is 492 g/mol. The quantitative estimate of drug-likeness (QED) is 0.372. The van der Waals surface area contributed by atoms with E-state index in [1.165, 1.54) is 11.7 Å². The molecule has 0 saturated carbocycles. The molecule has 0 unspecified atom stereocenters. The van der Waals surface area contributed by atoms with Crippen molar-refractivity contribution in [3.05, 3.63) is 69.1 Å². The number of rotatable bonds is 6. The Morgan fingerprint density at radius 2 is 1.89 bits per heavy atom. The van der Waals surface area contributed by atoms with Crippen LogP contribution in [0.3, 0.4) is 0 Å². The van der Waals surface area contributed by atoms with Crippen molar-refractivity contribution >= 4 is 16.9 Å². The second-order valence-electron chi connectivity index (χ2n) is 8.97. The Hall–Kier alpha value is -4.44. The molecular formula is C28H28N2O8. The zero-order valence-corrected chi connectivity index (χ0v) is 21.5. The Bertz CT molecular complexity index is 1630. The number of carbonyl (C=O) groups is 1. The molecule has 2 N–H and O–H groups in total. The summed E-state index contributed by atoms with van der Waals surface area (Å²) in [5.74, 6) is 0.246. The zero-order chi connectivity index (χ0) is 27.1. The van der Waals surface area contributed by atoms with Crippen molar-refractivity contribution in [2.24, 2.45) is 7.05 Å². The van der Waals surface area contributed by atoms with Crippen LogP contribution in [0.1, 0.15) is 27.2 Å². The minimum absolute atomic E-state index is 0.0345. The van der Waals surface area contributed by atoms with Crippen molar-refractivity contribution in [1.82, 2.24) is 9.13 Å². The minimum Gasteiger partial charge on any atom is -0.506 e. The lowest BCUT2D eigenvalue weighted by molar-refractivity contribution is 0.0594. The maximum Gasteiger partial charge on any atom is 0.347 e. The molecule has 4 aromatic rings. The van der Waals surface area contributed by atoms with Gasteiger partial charge in [0.15, 0.2) is 5.56 Å². The third-order valence-electron chi connectivity index (χ3n) is 7.02. The monoisotopic (exact) mass is 520 g/mol. The van der Waals surface area contributed by atoms with Gasteiger partial charge in [-0.1, -0.05) is 0 Å². The first-order valence-electron chi connectivity index (χ1n) is 12.0. The van der Waals surface area contributed by atoms with Crippen LogP contribution >= 0.6 is 0 Å². The Balaban J connectivity index is 1.84. The summed E-state index contributed by atoms with van der Waals surface area (Å²) in [6.07, 6.45) is 0.248. The highest BCUT2D eigenvalue weighted by Gasteiger charge is 2.31. The van der Waals surface area contributed by atoms with Gasteiger partial charge in [0.25, 0.3) is 5.56 Å². The van der Waals surface area contributed by atoms with E-state index in [1.807, 2.05) is 29.8 Å². The lowest BCUT2D eigenvalue weighted by Gasteiger charge is -2.21. The third kappa shape index (κ3) is 3.93. The molecule has 0 amide bonds. The molecule has 198 valence electrons. The van der Waals surface area contributed by atoms with E-state index < -0.39 is 22.8 Å². The Morgan fingerprint density at radius 3 is 2.58 bits per heavy atom. The van der Waals surface area contributed by atoms with E-state index >= 15 is 0 Å². The first-order chi connectivity index (χ1) is 18.3. The SMILES string of the molecule is COC(=O)c1c(O)c2c(n(Cc3ccc(OC)cc3OC)c1=O)-c1cc3cc(CO)n(C)c3cc1OCC2. The number of aliphatic hydroxyl groups is 1. The average molecular weight is 521 g/mol. The van der Waals surface area contributed by atoms with Gasteiger partial charge in [-0.15, -0.1) is 0 Å². The molecule has 0 atom stereocenters. The van der Waals surface area contributed by atoms with E-state index in [0.717, 1.165) is 18.0 Å². The number of pyridine rings is 1. The molecule has 10 nitrogen and oxygen atoms in total. The van der Waals surface area contributed by atoms with Gasteiger partial charge in [-0.3, -0.25) is 4.79 Å². The molecule has 2 aromatic carbocycles. The van der Waals surface area contributed by atoms with Crippen molar-refractivity contribution in [3.63, 3.8) is 0 Å². The maximum absolute atomic E-state index is 13.8. The Kier molecular flexibility index (Phi) is 6.50. The zero-order valence-electron chi connectivity index (χ0n) is 21.5. The number of hydrogen-bond acceptors (Lipinski definition) is 8. The standard InChI is InChI=1S/C28H28N2O8/c1-29-17(14-31)9-16-10-20-23(12-21(16)29)38-8-7-19-25(20)30(27(33)24(26(19)32)28(34)37-4)13-15-5-6-18(35-2)11-22(15)36-3/h5-6,9-12,31-32H,7-8,13-14H2,1-4H3. The van der Waals surface area contributed by atoms with Crippen LogP contribution in [0.5, 0.6) is 23.0 Å². The fraction of sp³-hybridized carbons (Fsp3) is 0.286. The minimum atomic E-state index is -0.928. The molecule has 5 rings (SSSR count). The summed E-state index contributed by atoms with van der Waals surface area (Å²) in [5, 5.41) is 21.8. The molecule has 3 heterocycles. The molecule has 0 radical (unpaired) electrons. The van der Waals surface area contributed by atoms with Crippen LogP contribution in [0, 0.1) is 0 Å². The Morgan fingerprint density at radius 1 is 1.11 bits per heavy atom. The topological polar surface area (TPSA) is 121 Å². The number of methoxy groups -OCH3 is 3. The van der Waals surface area contributed by atoms with Gasteiger partial charge < -0.3 is 38.3 Å². The van der Waals surface area contributed by atoms with Gasteiger partial charge in [0.1, 0.15) is 23.0 Å². The van der Waals surface area contributed by atoms with Gasteiger partial charge in [0.2, 0.25) is 0 Å². The number of esters is 1. The fourth-order valence-electron chi connectivity index (χ4n) is 5.04. The molecule has 0 spiro atoms.